The predicted octanol–water partition coefficient (Wildman–Crippen LogP) is 4.94. The van der Waals surface area contributed by atoms with Crippen molar-refractivity contribution in [2.24, 2.45) is 0 Å². The number of aromatic nitrogens is 1. The zero-order valence-corrected chi connectivity index (χ0v) is 15.8. The summed E-state index contributed by atoms with van der Waals surface area (Å²) in [7, 11) is -5.35. The number of alkyl halides is 8. The lowest BCUT2D eigenvalue weighted by molar-refractivity contribution is -0.527. The van der Waals surface area contributed by atoms with Gasteiger partial charge in [-0.3, -0.25) is 0 Å². The molecule has 0 amide bonds. The lowest BCUT2D eigenvalue weighted by Gasteiger charge is -2.26. The summed E-state index contributed by atoms with van der Waals surface area (Å²) in [5, 5.41) is 0. The zero-order chi connectivity index (χ0) is 22.3. The van der Waals surface area contributed by atoms with Crippen molar-refractivity contribution in [1.29, 1.82) is 0 Å². The Hall–Kier alpha value is -1.50. The topological polar surface area (TPSA) is 47.3 Å². The van der Waals surface area contributed by atoms with Gasteiger partial charge < -0.3 is 0 Å². The van der Waals surface area contributed by atoms with Crippen molar-refractivity contribution < 1.29 is 51.7 Å². The lowest BCUT2D eigenvalue weighted by Crippen LogP contribution is -2.55. The molecule has 0 aromatic carbocycles. The molecule has 0 N–H and O–H groups in total. The molecule has 0 saturated carbocycles. The van der Waals surface area contributed by atoms with E-state index in [0.29, 0.717) is 0 Å². The highest BCUT2D eigenvalue weighted by atomic mass is 32.2. The highest BCUT2D eigenvalue weighted by Crippen LogP contribution is 2.41. The molecule has 168 valence electrons. The first-order chi connectivity index (χ1) is 13.2. The Bertz CT molecular complexity index is 725. The Morgan fingerprint density at radius 1 is 0.828 bits per heavy atom. The van der Waals surface area contributed by atoms with Gasteiger partial charge in [0.1, 0.15) is 0 Å². The first-order valence-corrected chi connectivity index (χ1v) is 9.94. The summed E-state index contributed by atoms with van der Waals surface area (Å²) < 4.78 is 131. The normalized spacial score (nSPS) is 14.8. The highest BCUT2D eigenvalue weighted by Gasteiger charge is 2.66. The van der Waals surface area contributed by atoms with Crippen LogP contribution in [0.3, 0.4) is 0 Å². The van der Waals surface area contributed by atoms with Crippen molar-refractivity contribution >= 4 is 10.3 Å². The summed E-state index contributed by atoms with van der Waals surface area (Å²) in [5.74, 6) is -5.44. The number of hydrogen-bond donors (Lipinski definition) is 0. The fourth-order valence-electron chi connectivity index (χ4n) is 2.31. The molecule has 1 heterocycles. The van der Waals surface area contributed by atoms with Gasteiger partial charge in [-0.05, 0) is 12.8 Å². The molecule has 29 heavy (non-hydrogen) atoms. The molecule has 0 bridgehead atoms. The van der Waals surface area contributed by atoms with Gasteiger partial charge >= 0.3 is 28.5 Å². The number of rotatable bonds is 12. The summed E-state index contributed by atoms with van der Waals surface area (Å²) in [6, 6.07) is 3.56. The van der Waals surface area contributed by atoms with Crippen molar-refractivity contribution in [3.63, 3.8) is 0 Å². The number of nitrogens with zero attached hydrogens (tertiary/aromatic N) is 1. The summed E-state index contributed by atoms with van der Waals surface area (Å²) in [5.41, 5.74) is 0. The van der Waals surface area contributed by atoms with E-state index in [1.54, 1.807) is 0 Å². The van der Waals surface area contributed by atoms with Gasteiger partial charge in [-0.2, -0.15) is 30.7 Å². The fourth-order valence-corrected chi connectivity index (χ4v) is 3.21. The van der Waals surface area contributed by atoms with Gasteiger partial charge in [0.25, 0.3) is 0 Å². The minimum absolute atomic E-state index is 0.0545. The predicted molar refractivity (Wildman–Crippen MR) is 85.2 cm³/mol. The molecule has 1 atom stereocenters. The van der Waals surface area contributed by atoms with Gasteiger partial charge in [-0.1, -0.05) is 35.7 Å². The molecule has 0 spiro atoms. The molecule has 0 aliphatic carbocycles. The van der Waals surface area contributed by atoms with Crippen LogP contribution in [0.5, 0.6) is 0 Å². The molecule has 0 saturated heterocycles. The molecular weight excluding hydrogens is 438 g/mol. The summed E-state index contributed by atoms with van der Waals surface area (Å²) in [6.07, 6.45) is -14.0. The molecule has 0 fully saturated rings. The van der Waals surface area contributed by atoms with Gasteiger partial charge in [0.15, 0.2) is 18.6 Å². The lowest BCUT2D eigenvalue weighted by atomic mass is 10.0. The van der Waals surface area contributed by atoms with Crippen molar-refractivity contribution in [3.8, 4) is 0 Å². The molecule has 0 aliphatic rings. The van der Waals surface area contributed by atoms with Crippen LogP contribution in [0.2, 0.25) is 0 Å². The van der Waals surface area contributed by atoms with Crippen molar-refractivity contribution in [1.82, 2.24) is 0 Å². The number of halogens is 8. The smallest absolute Gasteiger partial charge is 0.240 e. The summed E-state index contributed by atoms with van der Waals surface area (Å²) >= 11 is 0. The first kappa shape index (κ1) is 25.5. The number of unbranched alkanes of at least 4 members (excludes halogenated alkanes) is 4. The quantitative estimate of drug-likeness (QED) is 0.253. The molecule has 4 nitrogen and oxygen atoms in total. The molecule has 1 unspecified atom stereocenters. The van der Waals surface area contributed by atoms with E-state index in [4.69, 9.17) is 0 Å². The fraction of sp³-hybridized carbons (Fsp3) is 0.688. The third-order valence-corrected chi connectivity index (χ3v) is 5.04. The van der Waals surface area contributed by atoms with Gasteiger partial charge in [0.05, 0.1) is 0 Å². The second kappa shape index (κ2) is 10.0. The molecule has 0 radical (unpaired) electrons. The van der Waals surface area contributed by atoms with Crippen molar-refractivity contribution in [2.45, 2.75) is 69.3 Å². The van der Waals surface area contributed by atoms with Crippen LogP contribution in [0, 0.1) is 0 Å². The van der Waals surface area contributed by atoms with Crippen LogP contribution in [0.1, 0.15) is 44.9 Å². The molecule has 1 aromatic heterocycles. The van der Waals surface area contributed by atoms with Gasteiger partial charge in [0, 0.05) is 18.6 Å². The van der Waals surface area contributed by atoms with Crippen LogP contribution in [-0.2, 0) is 14.5 Å². The number of pyridine rings is 1. The Kier molecular flexibility index (Phi) is 8.81. The van der Waals surface area contributed by atoms with E-state index in [9.17, 15) is 43.5 Å². The largest absolute Gasteiger partial charge is 0.519 e. The monoisotopic (exact) mass is 458 g/mol. The van der Waals surface area contributed by atoms with Crippen LogP contribution >= 0.6 is 0 Å². The second-order valence-electron chi connectivity index (χ2n) is 6.28. The van der Waals surface area contributed by atoms with E-state index < -0.39 is 47.5 Å². The minimum Gasteiger partial charge on any atom is -0.240 e. The van der Waals surface area contributed by atoms with Crippen LogP contribution < -0.4 is 3.97 Å². The van der Waals surface area contributed by atoms with E-state index >= 15 is 0 Å². The van der Waals surface area contributed by atoms with Crippen LogP contribution in [-0.4, -0.2) is 32.8 Å². The summed E-state index contributed by atoms with van der Waals surface area (Å²) in [4.78, 5) is 0. The Balaban J connectivity index is 2.55. The van der Waals surface area contributed by atoms with E-state index in [1.807, 2.05) is 0 Å². The maximum Gasteiger partial charge on any atom is 0.519 e. The maximum absolute atomic E-state index is 13.8. The van der Waals surface area contributed by atoms with E-state index in [2.05, 4.69) is 4.18 Å². The minimum atomic E-state index is -5.65. The van der Waals surface area contributed by atoms with E-state index in [0.717, 1.165) is 24.5 Å². The van der Waals surface area contributed by atoms with Gasteiger partial charge in [0.2, 0.25) is 0 Å². The van der Waals surface area contributed by atoms with Crippen LogP contribution in [0.15, 0.2) is 30.6 Å². The van der Waals surface area contributed by atoms with Gasteiger partial charge in [-0.15, -0.1) is 12.6 Å². The Morgan fingerprint density at radius 3 is 1.90 bits per heavy atom. The van der Waals surface area contributed by atoms with E-state index in [-0.39, 0.29) is 36.1 Å². The zero-order valence-electron chi connectivity index (χ0n) is 15.0. The molecular formula is C16H20F8NO3S+. The second-order valence-corrected chi connectivity index (χ2v) is 7.72. The van der Waals surface area contributed by atoms with Crippen molar-refractivity contribution in [2.75, 3.05) is 0 Å². The molecule has 13 heteroatoms. The third-order valence-electron chi connectivity index (χ3n) is 3.86. The van der Waals surface area contributed by atoms with E-state index in [1.165, 1.54) is 6.07 Å². The third kappa shape index (κ3) is 8.03. The number of hydrogen-bond acceptors (Lipinski definition) is 3. The average Bonchev–Trinajstić information content (AvgIpc) is 2.59. The Labute approximate surface area is 162 Å². The Morgan fingerprint density at radius 2 is 1.34 bits per heavy atom. The standard InChI is InChI=1S/C16H20F8NO3S/c17-13(9-5-2-1-3-6-10-14(18,19)20)15(21,22)16(23,24)28-29(26,27)25-11-7-4-8-12-25/h4,7-8,11-13H,1-3,5-6,9-10H2/q+1. The SMILES string of the molecule is O=S(=O)(OC(F)(F)C(F)(F)C(F)CCCCCCCC(F)(F)F)[n+]1ccccc1. The summed E-state index contributed by atoms with van der Waals surface area (Å²) in [6.45, 7) is 0. The molecule has 1 rings (SSSR count). The first-order valence-electron chi connectivity index (χ1n) is 8.58. The van der Waals surface area contributed by atoms with Gasteiger partial charge in [-0.25, -0.2) is 4.39 Å². The van der Waals surface area contributed by atoms with Crippen molar-refractivity contribution in [3.05, 3.63) is 30.6 Å². The maximum atomic E-state index is 13.8. The van der Waals surface area contributed by atoms with Crippen LogP contribution in [0.4, 0.5) is 35.1 Å². The highest BCUT2D eigenvalue weighted by molar-refractivity contribution is 7.80. The molecule has 0 aliphatic heterocycles. The van der Waals surface area contributed by atoms with Crippen LogP contribution in [0.25, 0.3) is 0 Å². The molecule has 1 aromatic rings. The average molecular weight is 458 g/mol.